The molecule has 1 aliphatic rings. The smallest absolute Gasteiger partial charge is 0.331 e. The lowest BCUT2D eigenvalue weighted by molar-refractivity contribution is -0.142. The molecule has 0 aromatic heterocycles. The van der Waals surface area contributed by atoms with E-state index in [0.717, 1.165) is 45.1 Å². The number of likely N-dealkylation sites (tertiary alicyclic amines) is 1. The van der Waals surface area contributed by atoms with Crippen molar-refractivity contribution < 1.29 is 19.5 Å². The number of hydrogen-bond donors (Lipinski definition) is 2. The number of carbonyl (C=O) groups is 3. The predicted molar refractivity (Wildman–Crippen MR) is 138 cm³/mol. The summed E-state index contributed by atoms with van der Waals surface area (Å²) in [5.41, 5.74) is -0.296. The van der Waals surface area contributed by atoms with Crippen molar-refractivity contribution in [3.63, 3.8) is 0 Å². The summed E-state index contributed by atoms with van der Waals surface area (Å²) in [6.45, 7) is 16.6. The monoisotopic (exact) mass is 479 g/mol. The lowest BCUT2D eigenvalue weighted by Gasteiger charge is -2.41. The molecule has 7 nitrogen and oxygen atoms in total. The molecule has 2 N–H and O–H groups in total. The summed E-state index contributed by atoms with van der Waals surface area (Å²) in [5, 5.41) is 12.4. The summed E-state index contributed by atoms with van der Waals surface area (Å²) in [5.74, 6) is -1.26. The van der Waals surface area contributed by atoms with Crippen LogP contribution in [0, 0.1) is 11.3 Å². The average molecular weight is 480 g/mol. The van der Waals surface area contributed by atoms with Crippen LogP contribution in [0.5, 0.6) is 0 Å². The number of piperidine rings is 1. The van der Waals surface area contributed by atoms with Crippen LogP contribution in [0.3, 0.4) is 0 Å². The maximum Gasteiger partial charge on any atom is 0.331 e. The summed E-state index contributed by atoms with van der Waals surface area (Å²) in [6, 6.07) is -0.986. The zero-order chi connectivity index (χ0) is 26.2. The minimum atomic E-state index is -0.998. The summed E-state index contributed by atoms with van der Waals surface area (Å²) < 4.78 is 0. The number of hydrogen-bond acceptors (Lipinski definition) is 4. The normalized spacial score (nSPS) is 20.5. The van der Waals surface area contributed by atoms with Gasteiger partial charge in [0.1, 0.15) is 6.04 Å². The summed E-state index contributed by atoms with van der Waals surface area (Å²) >= 11 is 0. The third-order valence-corrected chi connectivity index (χ3v) is 7.02. The Kier molecular flexibility index (Phi) is 11.8. The van der Waals surface area contributed by atoms with Gasteiger partial charge in [-0.25, -0.2) is 4.79 Å². The number of nitrogens with zero attached hydrogens (tertiary/aromatic N) is 2. The van der Waals surface area contributed by atoms with Crippen molar-refractivity contribution in [2.24, 2.45) is 11.3 Å². The molecule has 0 aromatic carbocycles. The topological polar surface area (TPSA) is 90.0 Å². The first-order valence-corrected chi connectivity index (χ1v) is 13.0. The summed E-state index contributed by atoms with van der Waals surface area (Å²) in [6.07, 6.45) is 7.88. The Labute approximate surface area is 207 Å². The van der Waals surface area contributed by atoms with Gasteiger partial charge in [-0.3, -0.25) is 14.5 Å². The van der Waals surface area contributed by atoms with Crippen molar-refractivity contribution in [3.8, 4) is 0 Å². The summed E-state index contributed by atoms with van der Waals surface area (Å²) in [7, 11) is 1.70. The first kappa shape index (κ1) is 30.1. The fourth-order valence-electron chi connectivity index (χ4n) is 4.74. The number of unbranched alkanes of at least 4 members (excludes halogenated alkanes) is 1. The van der Waals surface area contributed by atoms with E-state index in [1.54, 1.807) is 18.0 Å². The van der Waals surface area contributed by atoms with Crippen molar-refractivity contribution in [1.29, 1.82) is 0 Å². The SMILES string of the molecule is CCCCC(C)N1CCCCC1C(=O)N[C@H](C(=O)N(C)[C@H](/C=C(\C)C(=O)O)C(C)C)C(C)(C)C. The van der Waals surface area contributed by atoms with Crippen molar-refractivity contribution in [2.75, 3.05) is 13.6 Å². The highest BCUT2D eigenvalue weighted by Crippen LogP contribution is 2.26. The van der Waals surface area contributed by atoms with Gasteiger partial charge in [0.05, 0.1) is 12.1 Å². The quantitative estimate of drug-likeness (QED) is 0.427. The molecule has 1 fully saturated rings. The number of carboxylic acid groups (broad SMARTS) is 1. The number of aliphatic carboxylic acids is 1. The number of carboxylic acids is 1. The van der Waals surface area contributed by atoms with E-state index in [0.29, 0.717) is 6.04 Å². The van der Waals surface area contributed by atoms with E-state index in [-0.39, 0.29) is 35.4 Å². The second-order valence-corrected chi connectivity index (χ2v) is 11.4. The van der Waals surface area contributed by atoms with Crippen LogP contribution in [0.4, 0.5) is 0 Å². The van der Waals surface area contributed by atoms with E-state index in [1.165, 1.54) is 6.92 Å². The van der Waals surface area contributed by atoms with Gasteiger partial charge in [0.15, 0.2) is 0 Å². The van der Waals surface area contributed by atoms with Crippen molar-refractivity contribution in [3.05, 3.63) is 11.6 Å². The van der Waals surface area contributed by atoms with Crippen LogP contribution < -0.4 is 5.32 Å². The van der Waals surface area contributed by atoms with Gasteiger partial charge in [-0.1, -0.05) is 66.9 Å². The molecule has 0 spiro atoms. The predicted octanol–water partition coefficient (Wildman–Crippen LogP) is 4.46. The Bertz CT molecular complexity index is 726. The Hall–Kier alpha value is -1.89. The van der Waals surface area contributed by atoms with E-state index in [2.05, 4.69) is 24.1 Å². The minimum absolute atomic E-state index is 0.0211. The van der Waals surface area contributed by atoms with Crippen LogP contribution in [0.15, 0.2) is 11.6 Å². The van der Waals surface area contributed by atoms with Crippen LogP contribution in [0.1, 0.15) is 93.9 Å². The molecule has 1 aliphatic heterocycles. The molecule has 1 saturated heterocycles. The van der Waals surface area contributed by atoms with Crippen LogP contribution in [0.25, 0.3) is 0 Å². The number of amides is 2. The minimum Gasteiger partial charge on any atom is -0.478 e. The van der Waals surface area contributed by atoms with E-state index in [9.17, 15) is 19.5 Å². The zero-order valence-corrected chi connectivity index (χ0v) is 23.0. The molecule has 0 radical (unpaired) electrons. The van der Waals surface area contributed by atoms with Gasteiger partial charge in [0.2, 0.25) is 11.8 Å². The molecule has 0 bridgehead atoms. The maximum absolute atomic E-state index is 13.7. The molecular formula is C27H49N3O4. The van der Waals surface area contributed by atoms with Gasteiger partial charge < -0.3 is 15.3 Å². The lowest BCUT2D eigenvalue weighted by atomic mass is 9.84. The Morgan fingerprint density at radius 1 is 1.18 bits per heavy atom. The number of likely N-dealkylation sites (N-methyl/N-ethyl adjacent to an activating group) is 1. The number of rotatable bonds is 11. The Balaban J connectivity index is 3.14. The van der Waals surface area contributed by atoms with Gasteiger partial charge >= 0.3 is 5.97 Å². The van der Waals surface area contributed by atoms with Gasteiger partial charge in [-0.15, -0.1) is 0 Å². The highest BCUT2D eigenvalue weighted by atomic mass is 16.4. The maximum atomic E-state index is 13.7. The Morgan fingerprint density at radius 2 is 1.79 bits per heavy atom. The first-order chi connectivity index (χ1) is 15.7. The molecular weight excluding hydrogens is 430 g/mol. The van der Waals surface area contributed by atoms with Crippen LogP contribution >= 0.6 is 0 Å². The van der Waals surface area contributed by atoms with Gasteiger partial charge in [-0.05, 0) is 51.0 Å². The molecule has 34 heavy (non-hydrogen) atoms. The largest absolute Gasteiger partial charge is 0.478 e. The third kappa shape index (κ3) is 8.40. The van der Waals surface area contributed by atoms with E-state index in [4.69, 9.17) is 0 Å². The van der Waals surface area contributed by atoms with E-state index in [1.807, 2.05) is 34.6 Å². The molecule has 2 unspecified atom stereocenters. The fourth-order valence-corrected chi connectivity index (χ4v) is 4.74. The molecule has 2 amide bonds. The van der Waals surface area contributed by atoms with Crippen molar-refractivity contribution >= 4 is 17.8 Å². The average Bonchev–Trinajstić information content (AvgIpc) is 2.76. The van der Waals surface area contributed by atoms with Gasteiger partial charge in [-0.2, -0.15) is 0 Å². The van der Waals surface area contributed by atoms with E-state index < -0.39 is 17.4 Å². The molecule has 0 aromatic rings. The molecule has 0 saturated carbocycles. The second kappa shape index (κ2) is 13.3. The molecule has 1 heterocycles. The second-order valence-electron chi connectivity index (χ2n) is 11.4. The molecule has 196 valence electrons. The summed E-state index contributed by atoms with van der Waals surface area (Å²) in [4.78, 5) is 42.5. The standard InChI is InChI=1S/C27H49N3O4/c1-10-11-14-20(5)30-16-13-12-15-21(30)24(31)28-23(27(6,7)8)25(32)29(9)22(18(2)3)17-19(4)26(33)34/h17-18,20-23H,10-16H2,1-9H3,(H,28,31)(H,33,34)/b19-17+/t20?,21?,22-,23-/m1/s1. The lowest BCUT2D eigenvalue weighted by Crippen LogP contribution is -2.60. The van der Waals surface area contributed by atoms with Crippen LogP contribution in [-0.4, -0.2) is 70.4 Å². The van der Waals surface area contributed by atoms with E-state index >= 15 is 0 Å². The van der Waals surface area contributed by atoms with Crippen molar-refractivity contribution in [2.45, 2.75) is 118 Å². The highest BCUT2D eigenvalue weighted by Gasteiger charge is 2.40. The molecule has 4 atom stereocenters. The van der Waals surface area contributed by atoms with Gasteiger partial charge in [0, 0.05) is 18.7 Å². The molecule has 0 aliphatic carbocycles. The molecule has 7 heteroatoms. The number of carbonyl (C=O) groups excluding carboxylic acids is 2. The Morgan fingerprint density at radius 3 is 2.29 bits per heavy atom. The fraction of sp³-hybridized carbons (Fsp3) is 0.815. The zero-order valence-electron chi connectivity index (χ0n) is 23.0. The van der Waals surface area contributed by atoms with Crippen LogP contribution in [-0.2, 0) is 14.4 Å². The van der Waals surface area contributed by atoms with Gasteiger partial charge in [0.25, 0.3) is 0 Å². The van der Waals surface area contributed by atoms with Crippen molar-refractivity contribution in [1.82, 2.24) is 15.1 Å². The van der Waals surface area contributed by atoms with Crippen LogP contribution in [0.2, 0.25) is 0 Å². The molecule has 1 rings (SSSR count). The highest BCUT2D eigenvalue weighted by molar-refractivity contribution is 5.91. The number of nitrogens with one attached hydrogen (secondary N) is 1. The third-order valence-electron chi connectivity index (χ3n) is 7.02. The first-order valence-electron chi connectivity index (χ1n) is 13.0.